The van der Waals surface area contributed by atoms with Crippen LogP contribution in [-0.2, 0) is 0 Å². The van der Waals surface area contributed by atoms with Gasteiger partial charge in [-0.25, -0.2) is 0 Å². The number of hydrogen-bond acceptors (Lipinski definition) is 3. The Labute approximate surface area is 64.5 Å². The smallest absolute Gasteiger partial charge is 0.158 e. The lowest BCUT2D eigenvalue weighted by molar-refractivity contribution is 1.09. The highest BCUT2D eigenvalue weighted by molar-refractivity contribution is 5.28. The third-order valence-corrected chi connectivity index (χ3v) is 1.30. The van der Waals surface area contributed by atoms with Crippen molar-refractivity contribution in [2.24, 2.45) is 0 Å². The Morgan fingerprint density at radius 3 is 2.18 bits per heavy atom. The van der Waals surface area contributed by atoms with Crippen LogP contribution >= 0.6 is 0 Å². The van der Waals surface area contributed by atoms with Crippen LogP contribution in [0.3, 0.4) is 0 Å². The van der Waals surface area contributed by atoms with Crippen molar-refractivity contribution in [2.75, 3.05) is 0 Å². The summed E-state index contributed by atoms with van der Waals surface area (Å²) < 4.78 is 0. The maximum Gasteiger partial charge on any atom is 0.158 e. The average Bonchev–Trinajstić information content (AvgIpc) is 2.09. The van der Waals surface area contributed by atoms with Crippen LogP contribution in [-0.4, -0.2) is 4.98 Å². The van der Waals surface area contributed by atoms with Crippen LogP contribution in [0.4, 0.5) is 0 Å². The van der Waals surface area contributed by atoms with E-state index >= 15 is 0 Å². The molecule has 3 nitrogen and oxygen atoms in total. The highest BCUT2D eigenvalue weighted by Gasteiger charge is 2.06. The number of pyridine rings is 1. The number of rotatable bonds is 1. The maximum atomic E-state index is 8.49. The Kier molecular flexibility index (Phi) is 2.20. The van der Waals surface area contributed by atoms with Crippen molar-refractivity contribution in [1.29, 1.82) is 10.5 Å². The lowest BCUT2D eigenvalue weighted by atomic mass is 10.0. The highest BCUT2D eigenvalue weighted by atomic mass is 14.6. The molecule has 1 aromatic rings. The second-order valence-corrected chi connectivity index (χ2v) is 1.97. The monoisotopic (exact) mass is 143 g/mol. The normalized spacial score (nSPS) is 8.64. The van der Waals surface area contributed by atoms with Gasteiger partial charge < -0.3 is 0 Å². The summed E-state index contributed by atoms with van der Waals surface area (Å²) in [7, 11) is 0. The first-order valence-corrected chi connectivity index (χ1v) is 3.07. The van der Waals surface area contributed by atoms with Gasteiger partial charge in [-0.3, -0.25) is 4.98 Å². The van der Waals surface area contributed by atoms with Gasteiger partial charge in [-0.1, -0.05) is 0 Å². The molecule has 11 heavy (non-hydrogen) atoms. The summed E-state index contributed by atoms with van der Waals surface area (Å²) in [4.78, 5) is 3.78. The van der Waals surface area contributed by atoms with E-state index in [4.69, 9.17) is 10.5 Å². The predicted molar refractivity (Wildman–Crippen MR) is 38.2 cm³/mol. The molecule has 0 aromatic carbocycles. The van der Waals surface area contributed by atoms with Crippen molar-refractivity contribution in [3.05, 3.63) is 30.1 Å². The standard InChI is InChI=1S/C8H5N3/c9-5-8(6-10)7-1-3-11-4-2-7/h1-4,8H. The van der Waals surface area contributed by atoms with Crippen LogP contribution in [0.5, 0.6) is 0 Å². The Hall–Kier alpha value is -1.87. The summed E-state index contributed by atoms with van der Waals surface area (Å²) in [5.74, 6) is -0.669. The quantitative estimate of drug-likeness (QED) is 0.593. The molecule has 0 N–H and O–H groups in total. The summed E-state index contributed by atoms with van der Waals surface area (Å²) in [6, 6.07) is 7.09. The summed E-state index contributed by atoms with van der Waals surface area (Å²) >= 11 is 0. The van der Waals surface area contributed by atoms with Crippen molar-refractivity contribution < 1.29 is 0 Å². The molecular formula is C8H5N3. The van der Waals surface area contributed by atoms with E-state index in [1.54, 1.807) is 24.5 Å². The van der Waals surface area contributed by atoms with Crippen LogP contribution in [0.1, 0.15) is 11.5 Å². The topological polar surface area (TPSA) is 60.5 Å². The Morgan fingerprint density at radius 2 is 1.73 bits per heavy atom. The van der Waals surface area contributed by atoms with Gasteiger partial charge in [0.1, 0.15) is 0 Å². The molecule has 0 aliphatic carbocycles. The van der Waals surface area contributed by atoms with E-state index in [0.29, 0.717) is 5.56 Å². The lowest BCUT2D eigenvalue weighted by Gasteiger charge is -1.96. The second-order valence-electron chi connectivity index (χ2n) is 1.97. The molecule has 0 spiro atoms. The first-order chi connectivity index (χ1) is 5.38. The molecule has 1 rings (SSSR count). The molecule has 0 bridgehead atoms. The minimum atomic E-state index is -0.669. The van der Waals surface area contributed by atoms with Gasteiger partial charge >= 0.3 is 0 Å². The molecule has 0 amide bonds. The van der Waals surface area contributed by atoms with E-state index in [-0.39, 0.29) is 0 Å². The zero-order chi connectivity index (χ0) is 8.10. The van der Waals surface area contributed by atoms with Gasteiger partial charge in [0.15, 0.2) is 5.92 Å². The van der Waals surface area contributed by atoms with Crippen LogP contribution in [0.25, 0.3) is 0 Å². The Bertz CT molecular complexity index is 290. The van der Waals surface area contributed by atoms with E-state index in [9.17, 15) is 0 Å². The molecule has 0 radical (unpaired) electrons. The maximum absolute atomic E-state index is 8.49. The third kappa shape index (κ3) is 1.53. The minimum absolute atomic E-state index is 0.669. The fourth-order valence-corrected chi connectivity index (χ4v) is 0.734. The minimum Gasteiger partial charge on any atom is -0.265 e. The van der Waals surface area contributed by atoms with Crippen molar-refractivity contribution in [3.8, 4) is 12.1 Å². The number of nitriles is 2. The van der Waals surface area contributed by atoms with E-state index in [2.05, 4.69) is 4.98 Å². The van der Waals surface area contributed by atoms with Crippen molar-refractivity contribution in [2.45, 2.75) is 5.92 Å². The van der Waals surface area contributed by atoms with E-state index < -0.39 is 5.92 Å². The van der Waals surface area contributed by atoms with Crippen LogP contribution in [0, 0.1) is 22.7 Å². The number of aromatic nitrogens is 1. The first kappa shape index (κ1) is 7.24. The van der Waals surface area contributed by atoms with E-state index in [1.165, 1.54) is 0 Å². The second kappa shape index (κ2) is 3.34. The summed E-state index contributed by atoms with van der Waals surface area (Å²) in [6.07, 6.45) is 3.13. The molecule has 52 valence electrons. The van der Waals surface area contributed by atoms with Gasteiger partial charge in [0.2, 0.25) is 0 Å². The summed E-state index contributed by atoms with van der Waals surface area (Å²) in [6.45, 7) is 0. The zero-order valence-corrected chi connectivity index (χ0v) is 5.73. The van der Waals surface area contributed by atoms with E-state index in [0.717, 1.165) is 0 Å². The summed E-state index contributed by atoms with van der Waals surface area (Å²) in [5.41, 5.74) is 0.699. The van der Waals surface area contributed by atoms with Crippen LogP contribution < -0.4 is 0 Å². The Balaban J connectivity index is 2.96. The fraction of sp³-hybridized carbons (Fsp3) is 0.125. The fourth-order valence-electron chi connectivity index (χ4n) is 0.734. The molecule has 0 unspecified atom stereocenters. The molecule has 0 atom stereocenters. The van der Waals surface area contributed by atoms with Gasteiger partial charge in [-0.2, -0.15) is 10.5 Å². The molecule has 1 heterocycles. The van der Waals surface area contributed by atoms with Gasteiger partial charge in [-0.05, 0) is 17.7 Å². The van der Waals surface area contributed by atoms with Crippen molar-refractivity contribution in [1.82, 2.24) is 4.98 Å². The lowest BCUT2D eigenvalue weighted by Crippen LogP contribution is -1.90. The van der Waals surface area contributed by atoms with Gasteiger partial charge in [0, 0.05) is 12.4 Å². The molecule has 0 saturated carbocycles. The van der Waals surface area contributed by atoms with Gasteiger partial charge in [0.05, 0.1) is 12.1 Å². The molecule has 0 aliphatic heterocycles. The van der Waals surface area contributed by atoms with Gasteiger partial charge in [0.25, 0.3) is 0 Å². The Morgan fingerprint density at radius 1 is 1.18 bits per heavy atom. The molecule has 3 heteroatoms. The molecule has 0 fully saturated rings. The van der Waals surface area contributed by atoms with Crippen molar-refractivity contribution in [3.63, 3.8) is 0 Å². The molecule has 1 aromatic heterocycles. The number of hydrogen-bond donors (Lipinski definition) is 0. The average molecular weight is 143 g/mol. The predicted octanol–water partition coefficient (Wildman–Crippen LogP) is 1.21. The van der Waals surface area contributed by atoms with Crippen LogP contribution in [0.15, 0.2) is 24.5 Å². The zero-order valence-electron chi connectivity index (χ0n) is 5.73. The van der Waals surface area contributed by atoms with Gasteiger partial charge in [-0.15, -0.1) is 0 Å². The van der Waals surface area contributed by atoms with Crippen LogP contribution in [0.2, 0.25) is 0 Å². The third-order valence-electron chi connectivity index (χ3n) is 1.30. The SMILES string of the molecule is N#CC(C#N)c1ccncc1. The highest BCUT2D eigenvalue weighted by Crippen LogP contribution is 2.11. The van der Waals surface area contributed by atoms with E-state index in [1.807, 2.05) is 12.1 Å². The largest absolute Gasteiger partial charge is 0.265 e. The molecule has 0 aliphatic rings. The number of nitrogens with zero attached hydrogens (tertiary/aromatic N) is 3. The molecule has 0 saturated heterocycles. The molecular weight excluding hydrogens is 138 g/mol. The van der Waals surface area contributed by atoms with Crippen molar-refractivity contribution >= 4 is 0 Å². The first-order valence-electron chi connectivity index (χ1n) is 3.07. The summed E-state index contributed by atoms with van der Waals surface area (Å²) in [5, 5.41) is 17.0.